The van der Waals surface area contributed by atoms with Crippen LogP contribution in [0.3, 0.4) is 0 Å². The average molecular weight is 439 g/mol. The first-order valence-electron chi connectivity index (χ1n) is 10.6. The van der Waals surface area contributed by atoms with Gasteiger partial charge in [0.05, 0.1) is 17.9 Å². The Morgan fingerprint density at radius 3 is 2.74 bits per heavy atom. The zero-order valence-corrected chi connectivity index (χ0v) is 18.7. The highest BCUT2D eigenvalue weighted by molar-refractivity contribution is 6.30. The number of nitrogens with zero attached hydrogens (tertiary/aromatic N) is 3. The van der Waals surface area contributed by atoms with Crippen molar-refractivity contribution in [2.45, 2.75) is 51.1 Å². The summed E-state index contributed by atoms with van der Waals surface area (Å²) in [5.74, 6) is 0.109. The third-order valence-corrected chi connectivity index (χ3v) is 6.40. The molecular weight excluding hydrogens is 412 g/mol. The van der Waals surface area contributed by atoms with E-state index in [1.54, 1.807) is 4.90 Å². The molecule has 7 heteroatoms. The molecule has 1 atom stereocenters. The van der Waals surface area contributed by atoms with Gasteiger partial charge in [0.25, 0.3) is 0 Å². The zero-order valence-electron chi connectivity index (χ0n) is 17.9. The Labute approximate surface area is 187 Å². The van der Waals surface area contributed by atoms with E-state index in [4.69, 9.17) is 11.6 Å². The van der Waals surface area contributed by atoms with Gasteiger partial charge in [0, 0.05) is 36.6 Å². The van der Waals surface area contributed by atoms with Crippen LogP contribution < -0.4 is 5.32 Å². The zero-order chi connectivity index (χ0) is 22.0. The molecule has 1 fully saturated rings. The molecule has 1 aliphatic heterocycles. The SMILES string of the molecule is Cc1nc2ccccn2c1CN(C)C(=O)CCC1(Cc2ccc(Cl)cc2)CCC(=O)N1. The fourth-order valence-corrected chi connectivity index (χ4v) is 4.51. The lowest BCUT2D eigenvalue weighted by Gasteiger charge is -2.30. The lowest BCUT2D eigenvalue weighted by atomic mass is 9.85. The van der Waals surface area contributed by atoms with Crippen molar-refractivity contribution in [3.63, 3.8) is 0 Å². The van der Waals surface area contributed by atoms with Gasteiger partial charge in [0.15, 0.2) is 0 Å². The fraction of sp³-hybridized carbons (Fsp3) is 0.375. The van der Waals surface area contributed by atoms with E-state index >= 15 is 0 Å². The van der Waals surface area contributed by atoms with Crippen LogP contribution in [0.25, 0.3) is 5.65 Å². The Kier molecular flexibility index (Phi) is 6.01. The summed E-state index contributed by atoms with van der Waals surface area (Å²) in [6.07, 6.45) is 4.88. The summed E-state index contributed by atoms with van der Waals surface area (Å²) in [4.78, 5) is 31.3. The normalized spacial score (nSPS) is 18.4. The molecule has 1 N–H and O–H groups in total. The topological polar surface area (TPSA) is 66.7 Å². The molecule has 31 heavy (non-hydrogen) atoms. The van der Waals surface area contributed by atoms with Crippen LogP contribution >= 0.6 is 11.6 Å². The van der Waals surface area contributed by atoms with Crippen LogP contribution in [-0.2, 0) is 22.6 Å². The van der Waals surface area contributed by atoms with Crippen LogP contribution in [0.4, 0.5) is 0 Å². The van der Waals surface area contributed by atoms with E-state index in [1.165, 1.54) is 0 Å². The van der Waals surface area contributed by atoms with Crippen molar-refractivity contribution in [3.05, 3.63) is 70.6 Å². The summed E-state index contributed by atoms with van der Waals surface area (Å²) in [7, 11) is 1.82. The van der Waals surface area contributed by atoms with Gasteiger partial charge in [-0.1, -0.05) is 29.8 Å². The maximum Gasteiger partial charge on any atom is 0.222 e. The number of aromatic nitrogens is 2. The number of pyridine rings is 1. The van der Waals surface area contributed by atoms with Crippen LogP contribution in [0.15, 0.2) is 48.7 Å². The number of fused-ring (bicyclic) bond motifs is 1. The van der Waals surface area contributed by atoms with E-state index in [0.717, 1.165) is 29.0 Å². The standard InChI is InChI=1S/C24H27ClN4O2/c1-17-20(29-14-4-3-5-21(29)26-17)16-28(2)23(31)11-13-24(12-10-22(30)27-24)15-18-6-8-19(25)9-7-18/h3-9,14H,10-13,15-16H2,1-2H3,(H,27,30). The monoisotopic (exact) mass is 438 g/mol. The van der Waals surface area contributed by atoms with Crippen LogP contribution in [0.1, 0.15) is 42.6 Å². The smallest absolute Gasteiger partial charge is 0.222 e. The molecule has 0 radical (unpaired) electrons. The van der Waals surface area contributed by atoms with Crippen molar-refractivity contribution in [2.75, 3.05) is 7.05 Å². The second-order valence-corrected chi connectivity index (χ2v) is 8.89. The molecule has 2 aromatic heterocycles. The molecule has 3 aromatic rings. The van der Waals surface area contributed by atoms with Gasteiger partial charge in [-0.2, -0.15) is 0 Å². The molecule has 1 aliphatic rings. The van der Waals surface area contributed by atoms with Crippen LogP contribution in [0, 0.1) is 6.92 Å². The summed E-state index contributed by atoms with van der Waals surface area (Å²) in [5.41, 5.74) is 3.53. The van der Waals surface area contributed by atoms with E-state index in [9.17, 15) is 9.59 Å². The maximum atomic E-state index is 13.0. The lowest BCUT2D eigenvalue weighted by Crippen LogP contribution is -2.44. The molecule has 0 aliphatic carbocycles. The number of imidazole rings is 1. The first-order valence-corrected chi connectivity index (χ1v) is 10.9. The number of carbonyl (C=O) groups is 2. The predicted molar refractivity (Wildman–Crippen MR) is 121 cm³/mol. The number of carbonyl (C=O) groups excluding carboxylic acids is 2. The first-order chi connectivity index (χ1) is 14.8. The number of hydrogen-bond donors (Lipinski definition) is 1. The Bertz CT molecular complexity index is 1110. The number of aryl methyl sites for hydroxylation is 1. The minimum absolute atomic E-state index is 0.0520. The van der Waals surface area contributed by atoms with Gasteiger partial charge < -0.3 is 14.6 Å². The fourth-order valence-electron chi connectivity index (χ4n) is 4.38. The highest BCUT2D eigenvalue weighted by Gasteiger charge is 2.38. The Morgan fingerprint density at radius 2 is 2.03 bits per heavy atom. The summed E-state index contributed by atoms with van der Waals surface area (Å²) in [6.45, 7) is 2.46. The summed E-state index contributed by atoms with van der Waals surface area (Å²) >= 11 is 6.00. The van der Waals surface area contributed by atoms with E-state index in [2.05, 4.69) is 10.3 Å². The van der Waals surface area contributed by atoms with E-state index in [1.807, 2.05) is 67.0 Å². The lowest BCUT2D eigenvalue weighted by molar-refractivity contribution is -0.131. The third kappa shape index (κ3) is 4.74. The Hall–Kier alpha value is -2.86. The molecule has 4 rings (SSSR count). The Balaban J connectivity index is 1.43. The first kappa shape index (κ1) is 21.4. The number of halogens is 1. The molecule has 1 unspecified atom stereocenters. The van der Waals surface area contributed by atoms with Crippen LogP contribution in [0.5, 0.6) is 0 Å². The van der Waals surface area contributed by atoms with Gasteiger partial charge in [0.1, 0.15) is 5.65 Å². The van der Waals surface area contributed by atoms with Crippen LogP contribution in [0.2, 0.25) is 5.02 Å². The maximum absolute atomic E-state index is 13.0. The van der Waals surface area contributed by atoms with E-state index < -0.39 is 0 Å². The van der Waals surface area contributed by atoms with Gasteiger partial charge in [-0.05, 0) is 56.0 Å². The number of nitrogens with one attached hydrogen (secondary N) is 1. The van der Waals surface area contributed by atoms with Crippen molar-refractivity contribution < 1.29 is 9.59 Å². The van der Waals surface area contributed by atoms with Crippen molar-refractivity contribution >= 4 is 29.1 Å². The summed E-state index contributed by atoms with van der Waals surface area (Å²) in [5, 5.41) is 3.83. The van der Waals surface area contributed by atoms with Gasteiger partial charge in [-0.15, -0.1) is 0 Å². The molecule has 1 aromatic carbocycles. The molecule has 0 bridgehead atoms. The van der Waals surface area contributed by atoms with Crippen molar-refractivity contribution in [1.29, 1.82) is 0 Å². The summed E-state index contributed by atoms with van der Waals surface area (Å²) < 4.78 is 2.03. The molecular formula is C24H27ClN4O2. The van der Waals surface area contributed by atoms with Gasteiger partial charge in [-0.25, -0.2) is 4.98 Å². The highest BCUT2D eigenvalue weighted by Crippen LogP contribution is 2.30. The highest BCUT2D eigenvalue weighted by atomic mass is 35.5. The molecule has 0 saturated carbocycles. The molecule has 162 valence electrons. The number of hydrogen-bond acceptors (Lipinski definition) is 3. The predicted octanol–water partition coefficient (Wildman–Crippen LogP) is 3.93. The molecule has 1 saturated heterocycles. The third-order valence-electron chi connectivity index (χ3n) is 6.15. The minimum atomic E-state index is -0.388. The summed E-state index contributed by atoms with van der Waals surface area (Å²) in [6, 6.07) is 13.6. The molecule has 6 nitrogen and oxygen atoms in total. The van der Waals surface area contributed by atoms with Gasteiger partial charge in [0.2, 0.25) is 11.8 Å². The quantitative estimate of drug-likeness (QED) is 0.607. The number of rotatable bonds is 7. The number of amides is 2. The van der Waals surface area contributed by atoms with Crippen LogP contribution in [-0.4, -0.2) is 38.7 Å². The van der Waals surface area contributed by atoms with E-state index in [-0.39, 0.29) is 17.4 Å². The molecule has 2 amide bonds. The molecule has 0 spiro atoms. The van der Waals surface area contributed by atoms with E-state index in [0.29, 0.717) is 37.3 Å². The Morgan fingerprint density at radius 1 is 1.26 bits per heavy atom. The van der Waals surface area contributed by atoms with Gasteiger partial charge >= 0.3 is 0 Å². The van der Waals surface area contributed by atoms with Crippen molar-refractivity contribution in [3.8, 4) is 0 Å². The minimum Gasteiger partial charge on any atom is -0.350 e. The second kappa shape index (κ2) is 8.71. The largest absolute Gasteiger partial charge is 0.350 e. The van der Waals surface area contributed by atoms with Crippen molar-refractivity contribution in [1.82, 2.24) is 19.6 Å². The van der Waals surface area contributed by atoms with Gasteiger partial charge in [-0.3, -0.25) is 9.59 Å². The second-order valence-electron chi connectivity index (χ2n) is 8.45. The molecule has 3 heterocycles. The average Bonchev–Trinajstić information content (AvgIpc) is 3.27. The van der Waals surface area contributed by atoms with Crippen molar-refractivity contribution in [2.24, 2.45) is 0 Å². The number of benzene rings is 1.